The Morgan fingerprint density at radius 1 is 1.13 bits per heavy atom. The number of hydrogen-bond donors (Lipinski definition) is 0. The fourth-order valence-electron chi connectivity index (χ4n) is 2.90. The van der Waals surface area contributed by atoms with E-state index in [0.717, 1.165) is 35.6 Å². The first kappa shape index (κ1) is 13.9. The Morgan fingerprint density at radius 3 is 2.78 bits per heavy atom. The normalized spacial score (nSPS) is 14.8. The van der Waals surface area contributed by atoms with Gasteiger partial charge in [-0.2, -0.15) is 0 Å². The third-order valence-electron chi connectivity index (χ3n) is 4.29. The number of halogens is 1. The maximum atomic E-state index is 13.6. The molecule has 0 saturated carbocycles. The Morgan fingerprint density at radius 2 is 2.00 bits per heavy atom. The topological polar surface area (TPSA) is 45.2 Å². The Kier molecular flexibility index (Phi) is 3.29. The molecular weight excluding hydrogens is 293 g/mol. The van der Waals surface area contributed by atoms with Crippen LogP contribution in [0, 0.1) is 5.82 Å². The van der Waals surface area contributed by atoms with Crippen molar-refractivity contribution in [3.05, 3.63) is 54.7 Å². The van der Waals surface area contributed by atoms with Gasteiger partial charge in [-0.3, -0.25) is 0 Å². The van der Waals surface area contributed by atoms with E-state index >= 15 is 0 Å². The predicted molar refractivity (Wildman–Crippen MR) is 88.1 cm³/mol. The van der Waals surface area contributed by atoms with Crippen molar-refractivity contribution in [3.8, 4) is 0 Å². The molecule has 5 nitrogen and oxygen atoms in total. The molecule has 6 heteroatoms. The second-order valence-electron chi connectivity index (χ2n) is 5.72. The highest BCUT2D eigenvalue weighted by atomic mass is 19.1. The van der Waals surface area contributed by atoms with E-state index in [0.29, 0.717) is 6.04 Å². The Bertz CT molecular complexity index is 833. The van der Waals surface area contributed by atoms with Crippen LogP contribution >= 0.6 is 0 Å². The molecule has 1 aromatic carbocycles. The van der Waals surface area contributed by atoms with Gasteiger partial charge in [0.15, 0.2) is 0 Å². The fourth-order valence-corrected chi connectivity index (χ4v) is 2.90. The lowest BCUT2D eigenvalue weighted by Crippen LogP contribution is -2.59. The summed E-state index contributed by atoms with van der Waals surface area (Å²) in [6.07, 6.45) is 3.33. The molecule has 0 amide bonds. The van der Waals surface area contributed by atoms with Crippen LogP contribution in [-0.4, -0.2) is 41.1 Å². The number of anilines is 2. The SMILES string of the molecule is CN(c1ncnc2ccc(F)cc12)C1CN(c2ccccn2)C1. The molecule has 0 N–H and O–H groups in total. The van der Waals surface area contributed by atoms with Crippen molar-refractivity contribution in [3.63, 3.8) is 0 Å². The van der Waals surface area contributed by atoms with Crippen molar-refractivity contribution in [2.45, 2.75) is 6.04 Å². The van der Waals surface area contributed by atoms with Gasteiger partial charge >= 0.3 is 0 Å². The van der Waals surface area contributed by atoms with E-state index in [1.165, 1.54) is 18.5 Å². The molecule has 0 radical (unpaired) electrons. The largest absolute Gasteiger partial charge is 0.353 e. The highest BCUT2D eigenvalue weighted by Gasteiger charge is 2.32. The zero-order valence-electron chi connectivity index (χ0n) is 12.7. The van der Waals surface area contributed by atoms with Crippen molar-refractivity contribution < 1.29 is 4.39 Å². The summed E-state index contributed by atoms with van der Waals surface area (Å²) in [5, 5.41) is 0.742. The van der Waals surface area contributed by atoms with Crippen molar-refractivity contribution in [1.29, 1.82) is 0 Å². The average molecular weight is 309 g/mol. The van der Waals surface area contributed by atoms with Crippen molar-refractivity contribution in [2.24, 2.45) is 0 Å². The van der Waals surface area contributed by atoms with Gasteiger partial charge in [0.1, 0.15) is 23.8 Å². The maximum absolute atomic E-state index is 13.6. The molecule has 0 bridgehead atoms. The van der Waals surface area contributed by atoms with Gasteiger partial charge in [0.2, 0.25) is 0 Å². The van der Waals surface area contributed by atoms with Crippen molar-refractivity contribution in [1.82, 2.24) is 15.0 Å². The molecule has 3 aromatic rings. The third kappa shape index (κ3) is 2.46. The molecule has 1 aliphatic rings. The van der Waals surface area contributed by atoms with Crippen molar-refractivity contribution >= 4 is 22.5 Å². The lowest BCUT2D eigenvalue weighted by atomic mass is 10.1. The van der Waals surface area contributed by atoms with Crippen LogP contribution in [0.25, 0.3) is 10.9 Å². The molecule has 23 heavy (non-hydrogen) atoms. The lowest BCUT2D eigenvalue weighted by molar-refractivity contribution is 0.490. The van der Waals surface area contributed by atoms with Crippen LogP contribution in [0.15, 0.2) is 48.9 Å². The van der Waals surface area contributed by atoms with E-state index in [1.54, 1.807) is 12.3 Å². The first-order chi connectivity index (χ1) is 11.2. The molecule has 1 fully saturated rings. The van der Waals surface area contributed by atoms with Gasteiger partial charge < -0.3 is 9.80 Å². The quantitative estimate of drug-likeness (QED) is 0.744. The Hall–Kier alpha value is -2.76. The van der Waals surface area contributed by atoms with E-state index in [2.05, 4.69) is 24.8 Å². The summed E-state index contributed by atoms with van der Waals surface area (Å²) in [6, 6.07) is 10.8. The molecule has 1 saturated heterocycles. The monoisotopic (exact) mass is 309 g/mol. The second-order valence-corrected chi connectivity index (χ2v) is 5.72. The van der Waals surface area contributed by atoms with Crippen LogP contribution in [0.5, 0.6) is 0 Å². The summed E-state index contributed by atoms with van der Waals surface area (Å²) in [5.74, 6) is 1.47. The first-order valence-corrected chi connectivity index (χ1v) is 7.51. The average Bonchev–Trinajstić information content (AvgIpc) is 2.53. The molecule has 1 aliphatic heterocycles. The number of benzene rings is 1. The minimum Gasteiger partial charge on any atom is -0.353 e. The summed E-state index contributed by atoms with van der Waals surface area (Å²) in [5.41, 5.74) is 0.754. The summed E-state index contributed by atoms with van der Waals surface area (Å²) < 4.78 is 13.6. The van der Waals surface area contributed by atoms with Gasteiger partial charge in [0.05, 0.1) is 11.6 Å². The molecule has 3 heterocycles. The number of nitrogens with zero attached hydrogens (tertiary/aromatic N) is 5. The van der Waals surface area contributed by atoms with E-state index < -0.39 is 0 Å². The number of hydrogen-bond acceptors (Lipinski definition) is 5. The number of likely N-dealkylation sites (N-methyl/N-ethyl adjacent to an activating group) is 1. The lowest BCUT2D eigenvalue weighted by Gasteiger charge is -2.45. The summed E-state index contributed by atoms with van der Waals surface area (Å²) in [6.45, 7) is 1.74. The summed E-state index contributed by atoms with van der Waals surface area (Å²) >= 11 is 0. The Labute approximate surface area is 133 Å². The second kappa shape index (κ2) is 5.46. The van der Waals surface area contributed by atoms with Crippen LogP contribution in [0.4, 0.5) is 16.0 Å². The predicted octanol–water partition coefficient (Wildman–Crippen LogP) is 2.49. The molecule has 0 spiro atoms. The molecule has 116 valence electrons. The van der Waals surface area contributed by atoms with Crippen molar-refractivity contribution in [2.75, 3.05) is 29.9 Å². The molecule has 0 atom stereocenters. The summed E-state index contributed by atoms with van der Waals surface area (Å²) in [4.78, 5) is 17.2. The molecular formula is C17H16FN5. The van der Waals surface area contributed by atoms with E-state index in [4.69, 9.17) is 0 Å². The van der Waals surface area contributed by atoms with Gasteiger partial charge in [0, 0.05) is 31.7 Å². The zero-order chi connectivity index (χ0) is 15.8. The molecule has 4 rings (SSSR count). The highest BCUT2D eigenvalue weighted by molar-refractivity contribution is 5.89. The Balaban J connectivity index is 1.57. The maximum Gasteiger partial charge on any atom is 0.140 e. The van der Waals surface area contributed by atoms with Gasteiger partial charge in [-0.25, -0.2) is 19.3 Å². The van der Waals surface area contributed by atoms with Crippen LogP contribution in [-0.2, 0) is 0 Å². The first-order valence-electron chi connectivity index (χ1n) is 7.51. The number of rotatable bonds is 3. The van der Waals surface area contributed by atoms with Crippen LogP contribution < -0.4 is 9.80 Å². The van der Waals surface area contributed by atoms with Gasteiger partial charge in [-0.05, 0) is 30.3 Å². The smallest absolute Gasteiger partial charge is 0.140 e. The molecule has 0 unspecified atom stereocenters. The van der Waals surface area contributed by atoms with Crippen LogP contribution in [0.2, 0.25) is 0 Å². The number of aromatic nitrogens is 3. The number of fused-ring (bicyclic) bond motifs is 1. The fraction of sp³-hybridized carbons (Fsp3) is 0.235. The molecule has 2 aromatic heterocycles. The standard InChI is InChI=1S/C17H16FN5/c1-22(13-9-23(10-13)16-4-2-3-7-19-16)17-14-8-12(18)5-6-15(14)20-11-21-17/h2-8,11,13H,9-10H2,1H3. The molecule has 0 aliphatic carbocycles. The summed E-state index contributed by atoms with van der Waals surface area (Å²) in [7, 11) is 1.99. The van der Waals surface area contributed by atoms with Crippen LogP contribution in [0.3, 0.4) is 0 Å². The zero-order valence-corrected chi connectivity index (χ0v) is 12.7. The van der Waals surface area contributed by atoms with E-state index in [-0.39, 0.29) is 5.82 Å². The van der Waals surface area contributed by atoms with Gasteiger partial charge in [0.25, 0.3) is 0 Å². The van der Waals surface area contributed by atoms with Gasteiger partial charge in [-0.1, -0.05) is 6.07 Å². The minimum absolute atomic E-state index is 0.273. The third-order valence-corrected chi connectivity index (χ3v) is 4.29. The van der Waals surface area contributed by atoms with Gasteiger partial charge in [-0.15, -0.1) is 0 Å². The minimum atomic E-state index is -0.273. The highest BCUT2D eigenvalue weighted by Crippen LogP contribution is 2.28. The number of pyridine rings is 1. The van der Waals surface area contributed by atoms with Crippen LogP contribution in [0.1, 0.15) is 0 Å². The van der Waals surface area contributed by atoms with E-state index in [1.807, 2.05) is 25.2 Å². The van der Waals surface area contributed by atoms with E-state index in [9.17, 15) is 4.39 Å².